The fourth-order valence-electron chi connectivity index (χ4n) is 2.03. The van der Waals surface area contributed by atoms with E-state index in [0.717, 1.165) is 16.6 Å². The van der Waals surface area contributed by atoms with Crippen molar-refractivity contribution in [3.8, 4) is 0 Å². The minimum atomic E-state index is -0.841. The molecule has 0 bridgehead atoms. The first-order chi connectivity index (χ1) is 9.53. The number of benzene rings is 1. The Labute approximate surface area is 118 Å². The Kier molecular flexibility index (Phi) is 4.42. The zero-order valence-corrected chi connectivity index (χ0v) is 11.9. The van der Waals surface area contributed by atoms with Gasteiger partial charge in [-0.05, 0) is 31.2 Å². The normalized spacial score (nSPS) is 14.2. The maximum atomic E-state index is 10.2. The lowest BCUT2D eigenvalue weighted by Crippen LogP contribution is -2.34. The second-order valence-electron chi connectivity index (χ2n) is 5.19. The van der Waals surface area contributed by atoms with Crippen LogP contribution in [-0.4, -0.2) is 36.0 Å². The number of hydrogen-bond donors (Lipinski definition) is 3. The van der Waals surface area contributed by atoms with Crippen LogP contribution in [0, 0.1) is 0 Å². The number of rotatable bonds is 6. The number of nitrogens with one attached hydrogen (secondary N) is 1. The second-order valence-corrected chi connectivity index (χ2v) is 5.19. The molecule has 1 aromatic carbocycles. The molecular weight excluding hydrogens is 254 g/mol. The van der Waals surface area contributed by atoms with Crippen molar-refractivity contribution >= 4 is 22.3 Å². The highest BCUT2D eigenvalue weighted by Crippen LogP contribution is 2.27. The van der Waals surface area contributed by atoms with Crippen LogP contribution in [-0.2, 0) is 4.74 Å². The van der Waals surface area contributed by atoms with Gasteiger partial charge in [0.1, 0.15) is 0 Å². The highest BCUT2D eigenvalue weighted by Gasteiger charge is 2.20. The molecule has 20 heavy (non-hydrogen) atoms. The maximum absolute atomic E-state index is 10.2. The van der Waals surface area contributed by atoms with Crippen LogP contribution in [0.2, 0.25) is 0 Å². The second kappa shape index (κ2) is 6.07. The molecule has 1 aromatic heterocycles. The summed E-state index contributed by atoms with van der Waals surface area (Å²) in [7, 11) is 1.62. The average molecular weight is 275 g/mol. The van der Waals surface area contributed by atoms with Crippen LogP contribution in [0.25, 0.3) is 10.9 Å². The zero-order valence-electron chi connectivity index (χ0n) is 11.9. The van der Waals surface area contributed by atoms with Crippen molar-refractivity contribution < 1.29 is 9.84 Å². The first-order valence-electron chi connectivity index (χ1n) is 6.62. The molecule has 5 heteroatoms. The Morgan fingerprint density at radius 3 is 2.95 bits per heavy atom. The van der Waals surface area contributed by atoms with Crippen molar-refractivity contribution in [3.63, 3.8) is 0 Å². The van der Waals surface area contributed by atoms with Crippen molar-refractivity contribution in [1.82, 2.24) is 4.98 Å². The van der Waals surface area contributed by atoms with E-state index in [9.17, 15) is 5.11 Å². The lowest BCUT2D eigenvalue weighted by atomic mass is 10.0. The number of nitrogens with two attached hydrogens (primary N) is 1. The third kappa shape index (κ3) is 3.37. The van der Waals surface area contributed by atoms with E-state index in [2.05, 4.69) is 10.3 Å². The van der Waals surface area contributed by atoms with Crippen LogP contribution >= 0.6 is 0 Å². The van der Waals surface area contributed by atoms with Gasteiger partial charge in [-0.1, -0.05) is 0 Å². The van der Waals surface area contributed by atoms with Crippen LogP contribution < -0.4 is 11.1 Å². The van der Waals surface area contributed by atoms with Gasteiger partial charge >= 0.3 is 0 Å². The molecule has 0 aliphatic carbocycles. The highest BCUT2D eigenvalue weighted by molar-refractivity contribution is 5.96. The van der Waals surface area contributed by atoms with Gasteiger partial charge in [-0.3, -0.25) is 4.98 Å². The van der Waals surface area contributed by atoms with E-state index in [-0.39, 0.29) is 0 Å². The number of pyridine rings is 1. The average Bonchev–Trinajstić information content (AvgIpc) is 2.45. The summed E-state index contributed by atoms with van der Waals surface area (Å²) in [4.78, 5) is 4.26. The molecule has 1 atom stereocenters. The largest absolute Gasteiger partial charge is 0.397 e. The van der Waals surface area contributed by atoms with Gasteiger partial charge in [-0.15, -0.1) is 0 Å². The minimum absolute atomic E-state index is 0.409. The lowest BCUT2D eigenvalue weighted by Gasteiger charge is -2.24. The molecule has 0 aliphatic rings. The van der Waals surface area contributed by atoms with Gasteiger partial charge in [-0.2, -0.15) is 0 Å². The number of ether oxygens (including phenoxy) is 1. The van der Waals surface area contributed by atoms with Crippen molar-refractivity contribution in [2.24, 2.45) is 0 Å². The summed E-state index contributed by atoms with van der Waals surface area (Å²) in [5.41, 5.74) is 7.62. The summed E-state index contributed by atoms with van der Waals surface area (Å²) >= 11 is 0. The molecule has 108 valence electrons. The molecule has 1 heterocycles. The number of nitrogen functional groups attached to an aromatic ring is 1. The fourth-order valence-corrected chi connectivity index (χ4v) is 2.03. The van der Waals surface area contributed by atoms with E-state index < -0.39 is 5.60 Å². The zero-order chi connectivity index (χ0) is 14.6. The number of hydrogen-bond acceptors (Lipinski definition) is 5. The van der Waals surface area contributed by atoms with Gasteiger partial charge in [0, 0.05) is 38.3 Å². The van der Waals surface area contributed by atoms with Gasteiger partial charge in [0.2, 0.25) is 0 Å². The smallest absolute Gasteiger partial charge is 0.0813 e. The van der Waals surface area contributed by atoms with Crippen LogP contribution in [0.15, 0.2) is 30.5 Å². The van der Waals surface area contributed by atoms with Gasteiger partial charge in [0.05, 0.1) is 22.5 Å². The third-order valence-electron chi connectivity index (χ3n) is 3.33. The number of anilines is 2. The fraction of sp³-hybridized carbons (Fsp3) is 0.400. The third-order valence-corrected chi connectivity index (χ3v) is 3.33. The quantitative estimate of drug-likeness (QED) is 0.703. The molecule has 0 fully saturated rings. The number of fused-ring (bicyclic) bond motifs is 1. The Bertz CT molecular complexity index is 584. The van der Waals surface area contributed by atoms with E-state index in [4.69, 9.17) is 10.5 Å². The van der Waals surface area contributed by atoms with Crippen molar-refractivity contribution in [2.75, 3.05) is 31.3 Å². The number of aromatic nitrogens is 1. The first-order valence-corrected chi connectivity index (χ1v) is 6.62. The topological polar surface area (TPSA) is 80.4 Å². The van der Waals surface area contributed by atoms with Gasteiger partial charge in [0.15, 0.2) is 0 Å². The van der Waals surface area contributed by atoms with Crippen LogP contribution in [0.4, 0.5) is 11.4 Å². The molecule has 0 saturated carbocycles. The molecule has 0 amide bonds. The summed E-state index contributed by atoms with van der Waals surface area (Å²) in [6, 6.07) is 7.60. The monoisotopic (exact) mass is 275 g/mol. The minimum Gasteiger partial charge on any atom is -0.397 e. The lowest BCUT2D eigenvalue weighted by molar-refractivity contribution is 0.0358. The van der Waals surface area contributed by atoms with E-state index >= 15 is 0 Å². The molecule has 0 spiro atoms. The van der Waals surface area contributed by atoms with Crippen molar-refractivity contribution in [1.29, 1.82) is 0 Å². The van der Waals surface area contributed by atoms with Crippen LogP contribution in [0.3, 0.4) is 0 Å². The Morgan fingerprint density at radius 2 is 2.20 bits per heavy atom. The van der Waals surface area contributed by atoms with Crippen molar-refractivity contribution in [2.45, 2.75) is 18.9 Å². The summed E-state index contributed by atoms with van der Waals surface area (Å²) in [5, 5.41) is 14.3. The summed E-state index contributed by atoms with van der Waals surface area (Å²) in [6.07, 6.45) is 2.30. The Hall–Kier alpha value is -1.85. The number of nitrogens with zero attached hydrogens (tertiary/aromatic N) is 1. The van der Waals surface area contributed by atoms with Crippen LogP contribution in [0.5, 0.6) is 0 Å². The van der Waals surface area contributed by atoms with E-state index in [1.54, 1.807) is 20.2 Å². The molecule has 0 aliphatic heterocycles. The van der Waals surface area contributed by atoms with Crippen LogP contribution in [0.1, 0.15) is 13.3 Å². The molecule has 5 nitrogen and oxygen atoms in total. The Balaban J connectivity index is 2.12. The molecule has 2 aromatic rings. The molecule has 0 radical (unpaired) electrons. The SMILES string of the molecule is COCCC(C)(O)CNc1ccc2ncccc2c1N. The number of aliphatic hydroxyl groups is 1. The van der Waals surface area contributed by atoms with E-state index in [1.807, 2.05) is 24.3 Å². The predicted octanol–water partition coefficient (Wildman–Crippen LogP) is 2.02. The molecular formula is C15H21N3O2. The number of methoxy groups -OCH3 is 1. The summed E-state index contributed by atoms with van der Waals surface area (Å²) in [5.74, 6) is 0. The molecule has 1 unspecified atom stereocenters. The van der Waals surface area contributed by atoms with E-state index in [0.29, 0.717) is 25.3 Å². The van der Waals surface area contributed by atoms with Gasteiger partial charge in [0.25, 0.3) is 0 Å². The standard InChI is InChI=1S/C15H21N3O2/c1-15(19,7-9-20-2)10-18-13-6-5-12-11(14(13)16)4-3-8-17-12/h3-6,8,18-19H,7,9-10,16H2,1-2H3. The van der Waals surface area contributed by atoms with Gasteiger partial charge in [-0.25, -0.2) is 0 Å². The molecule has 0 saturated heterocycles. The summed E-state index contributed by atoms with van der Waals surface area (Å²) < 4.78 is 4.99. The Morgan fingerprint density at radius 1 is 1.40 bits per heavy atom. The highest BCUT2D eigenvalue weighted by atomic mass is 16.5. The first kappa shape index (κ1) is 14.6. The van der Waals surface area contributed by atoms with Crippen molar-refractivity contribution in [3.05, 3.63) is 30.5 Å². The van der Waals surface area contributed by atoms with E-state index in [1.165, 1.54) is 0 Å². The van der Waals surface area contributed by atoms with Gasteiger partial charge < -0.3 is 20.9 Å². The summed E-state index contributed by atoms with van der Waals surface area (Å²) in [6.45, 7) is 2.70. The molecule has 4 N–H and O–H groups in total. The molecule has 2 rings (SSSR count). The maximum Gasteiger partial charge on any atom is 0.0813 e. The predicted molar refractivity (Wildman–Crippen MR) is 81.8 cm³/mol.